The molecule has 0 N–H and O–H groups in total. The van der Waals surface area contributed by atoms with Gasteiger partial charge in [-0.2, -0.15) is 0 Å². The van der Waals surface area contributed by atoms with E-state index < -0.39 is 0 Å². The lowest BCUT2D eigenvalue weighted by Gasteiger charge is -2.06. The molecule has 2 rings (SSSR count). The highest BCUT2D eigenvalue weighted by Gasteiger charge is 2.16. The Morgan fingerprint density at radius 1 is 0.824 bits per heavy atom. The Kier molecular flexibility index (Phi) is 3.72. The fraction of sp³-hybridized carbons (Fsp3) is 0. The first-order valence-electron chi connectivity index (χ1n) is 4.84. The highest BCUT2D eigenvalue weighted by atomic mass is 35.5. The second kappa shape index (κ2) is 5.09. The van der Waals surface area contributed by atoms with E-state index in [0.29, 0.717) is 16.1 Å². The Bertz CT molecular complexity index is 564. The van der Waals surface area contributed by atoms with Gasteiger partial charge >= 0.3 is 0 Å². The summed E-state index contributed by atoms with van der Waals surface area (Å²) >= 11 is 17.7. The maximum atomic E-state index is 12.1. The standard InChI is InChI=1S/C13H7Cl3O/c14-10-7-6-9(11(15)12(10)16)13(17)8-4-2-1-3-5-8/h1-7H. The van der Waals surface area contributed by atoms with Gasteiger partial charge in [0.05, 0.1) is 15.1 Å². The molecule has 0 aliphatic rings. The summed E-state index contributed by atoms with van der Waals surface area (Å²) in [5.41, 5.74) is 0.917. The SMILES string of the molecule is O=C(c1ccccc1)c1ccc(Cl)c(Cl)c1Cl. The number of hydrogen-bond acceptors (Lipinski definition) is 1. The third-order valence-corrected chi connectivity index (χ3v) is 3.61. The van der Waals surface area contributed by atoms with Crippen molar-refractivity contribution in [1.82, 2.24) is 0 Å². The molecule has 0 radical (unpaired) electrons. The molecular formula is C13H7Cl3O. The first-order chi connectivity index (χ1) is 8.11. The van der Waals surface area contributed by atoms with Crippen molar-refractivity contribution < 1.29 is 4.79 Å². The van der Waals surface area contributed by atoms with Crippen LogP contribution in [0.5, 0.6) is 0 Å². The van der Waals surface area contributed by atoms with Crippen LogP contribution in [0.3, 0.4) is 0 Å². The van der Waals surface area contributed by atoms with Gasteiger partial charge in [0.1, 0.15) is 0 Å². The molecule has 0 fully saturated rings. The van der Waals surface area contributed by atoms with Crippen LogP contribution in [0.2, 0.25) is 15.1 Å². The van der Waals surface area contributed by atoms with Gasteiger partial charge in [0, 0.05) is 11.1 Å². The summed E-state index contributed by atoms with van der Waals surface area (Å²) in [6.45, 7) is 0. The van der Waals surface area contributed by atoms with Crippen LogP contribution in [0.1, 0.15) is 15.9 Å². The van der Waals surface area contributed by atoms with Crippen LogP contribution in [0.25, 0.3) is 0 Å². The average Bonchev–Trinajstić information content (AvgIpc) is 2.36. The molecule has 0 aromatic heterocycles. The molecule has 2 aromatic rings. The van der Waals surface area contributed by atoms with E-state index >= 15 is 0 Å². The number of halogens is 3. The molecule has 0 aliphatic heterocycles. The fourth-order valence-corrected chi connectivity index (χ4v) is 2.07. The topological polar surface area (TPSA) is 17.1 Å². The van der Waals surface area contributed by atoms with Crippen molar-refractivity contribution >= 4 is 40.6 Å². The molecule has 0 bridgehead atoms. The zero-order chi connectivity index (χ0) is 12.4. The summed E-state index contributed by atoms with van der Waals surface area (Å²) in [6.07, 6.45) is 0. The number of carbonyl (C=O) groups excluding carboxylic acids is 1. The van der Waals surface area contributed by atoms with E-state index in [1.807, 2.05) is 6.07 Å². The minimum Gasteiger partial charge on any atom is -0.289 e. The number of ketones is 1. The minimum atomic E-state index is -0.172. The largest absolute Gasteiger partial charge is 0.289 e. The third-order valence-electron chi connectivity index (χ3n) is 2.32. The van der Waals surface area contributed by atoms with Crippen molar-refractivity contribution in [3.05, 3.63) is 68.7 Å². The van der Waals surface area contributed by atoms with E-state index in [1.54, 1.807) is 36.4 Å². The highest BCUT2D eigenvalue weighted by molar-refractivity contribution is 6.49. The van der Waals surface area contributed by atoms with Gasteiger partial charge in [-0.05, 0) is 12.1 Å². The van der Waals surface area contributed by atoms with E-state index in [2.05, 4.69) is 0 Å². The summed E-state index contributed by atoms with van der Waals surface area (Å²) < 4.78 is 0. The highest BCUT2D eigenvalue weighted by Crippen LogP contribution is 2.33. The van der Waals surface area contributed by atoms with Crippen molar-refractivity contribution in [2.45, 2.75) is 0 Å². The average molecular weight is 286 g/mol. The molecule has 0 saturated carbocycles. The quantitative estimate of drug-likeness (QED) is 0.568. The van der Waals surface area contributed by atoms with Gasteiger partial charge in [0.25, 0.3) is 0 Å². The lowest BCUT2D eigenvalue weighted by atomic mass is 10.0. The van der Waals surface area contributed by atoms with Crippen molar-refractivity contribution in [1.29, 1.82) is 0 Å². The monoisotopic (exact) mass is 284 g/mol. The predicted molar refractivity (Wildman–Crippen MR) is 71.3 cm³/mol. The number of carbonyl (C=O) groups is 1. The summed E-state index contributed by atoms with van der Waals surface area (Å²) in [7, 11) is 0. The first kappa shape index (κ1) is 12.4. The van der Waals surface area contributed by atoms with Crippen LogP contribution < -0.4 is 0 Å². The predicted octanol–water partition coefficient (Wildman–Crippen LogP) is 4.88. The molecule has 0 unspecified atom stereocenters. The maximum Gasteiger partial charge on any atom is 0.194 e. The molecule has 0 aliphatic carbocycles. The van der Waals surface area contributed by atoms with E-state index in [4.69, 9.17) is 34.8 Å². The Labute approximate surface area is 114 Å². The van der Waals surface area contributed by atoms with Gasteiger partial charge in [0.2, 0.25) is 0 Å². The van der Waals surface area contributed by atoms with Crippen molar-refractivity contribution in [3.63, 3.8) is 0 Å². The molecule has 0 spiro atoms. The molecule has 4 heteroatoms. The van der Waals surface area contributed by atoms with Gasteiger partial charge in [-0.25, -0.2) is 0 Å². The van der Waals surface area contributed by atoms with Crippen molar-refractivity contribution in [2.75, 3.05) is 0 Å². The maximum absolute atomic E-state index is 12.1. The van der Waals surface area contributed by atoms with Crippen LogP contribution in [-0.2, 0) is 0 Å². The first-order valence-corrected chi connectivity index (χ1v) is 5.98. The van der Waals surface area contributed by atoms with Gasteiger partial charge in [0.15, 0.2) is 5.78 Å². The van der Waals surface area contributed by atoms with Crippen LogP contribution in [-0.4, -0.2) is 5.78 Å². The Morgan fingerprint density at radius 3 is 2.12 bits per heavy atom. The van der Waals surface area contributed by atoms with Crippen molar-refractivity contribution in [2.24, 2.45) is 0 Å². The van der Waals surface area contributed by atoms with Gasteiger partial charge in [-0.1, -0.05) is 65.1 Å². The number of rotatable bonds is 2. The molecule has 17 heavy (non-hydrogen) atoms. The van der Waals surface area contributed by atoms with Gasteiger partial charge in [-0.3, -0.25) is 4.79 Å². The number of hydrogen-bond donors (Lipinski definition) is 0. The molecule has 0 atom stereocenters. The zero-order valence-electron chi connectivity index (χ0n) is 8.58. The second-order valence-corrected chi connectivity index (χ2v) is 4.58. The van der Waals surface area contributed by atoms with E-state index in [-0.39, 0.29) is 15.8 Å². The van der Waals surface area contributed by atoms with Crippen molar-refractivity contribution in [3.8, 4) is 0 Å². The zero-order valence-corrected chi connectivity index (χ0v) is 10.9. The van der Waals surface area contributed by atoms with Gasteiger partial charge < -0.3 is 0 Å². The molecule has 0 heterocycles. The summed E-state index contributed by atoms with van der Waals surface area (Å²) in [4.78, 5) is 12.1. The molecule has 0 amide bonds. The summed E-state index contributed by atoms with van der Waals surface area (Å²) in [5.74, 6) is -0.172. The second-order valence-electron chi connectivity index (χ2n) is 3.42. The Balaban J connectivity index is 2.49. The van der Waals surface area contributed by atoms with Crippen LogP contribution in [0.15, 0.2) is 42.5 Å². The van der Waals surface area contributed by atoms with Gasteiger partial charge in [-0.15, -0.1) is 0 Å². The Hall–Kier alpha value is -1.02. The Morgan fingerprint density at radius 2 is 1.47 bits per heavy atom. The van der Waals surface area contributed by atoms with E-state index in [1.165, 1.54) is 0 Å². The van der Waals surface area contributed by atoms with E-state index in [0.717, 1.165) is 0 Å². The molecule has 1 nitrogen and oxygen atoms in total. The van der Waals surface area contributed by atoms with E-state index in [9.17, 15) is 4.79 Å². The minimum absolute atomic E-state index is 0.172. The van der Waals surface area contributed by atoms with Crippen LogP contribution >= 0.6 is 34.8 Å². The third kappa shape index (κ3) is 2.47. The number of benzene rings is 2. The molecule has 0 saturated heterocycles. The lowest BCUT2D eigenvalue weighted by molar-refractivity contribution is 0.103. The normalized spacial score (nSPS) is 10.3. The van der Waals surface area contributed by atoms with Crippen LogP contribution in [0, 0.1) is 0 Å². The smallest absolute Gasteiger partial charge is 0.194 e. The van der Waals surface area contributed by atoms with Crippen LogP contribution in [0.4, 0.5) is 0 Å². The molecule has 86 valence electrons. The summed E-state index contributed by atoms with van der Waals surface area (Å²) in [6, 6.07) is 12.0. The lowest BCUT2D eigenvalue weighted by Crippen LogP contribution is -2.02. The molecular weight excluding hydrogens is 279 g/mol. The molecule has 2 aromatic carbocycles. The fourth-order valence-electron chi connectivity index (χ4n) is 1.45. The summed E-state index contributed by atoms with van der Waals surface area (Å²) in [5, 5.41) is 0.726.